The van der Waals surface area contributed by atoms with Gasteiger partial charge in [0.1, 0.15) is 0 Å². The Bertz CT molecular complexity index is 856. The number of nitrogens with zero attached hydrogens (tertiary/aromatic N) is 6. The van der Waals surface area contributed by atoms with Gasteiger partial charge in [-0.2, -0.15) is 9.40 Å². The first-order chi connectivity index (χ1) is 12.2. The summed E-state index contributed by atoms with van der Waals surface area (Å²) in [4.78, 5) is 6.36. The Morgan fingerprint density at radius 2 is 2.04 bits per heavy atom. The number of rotatable bonds is 6. The molecule has 1 saturated heterocycles. The number of likely N-dealkylation sites (N-methyl/N-ethyl adjacent to an activating group) is 1. The summed E-state index contributed by atoms with van der Waals surface area (Å²) in [5, 5.41) is 4.35. The average molecular weight is 381 g/mol. The number of aromatic nitrogens is 4. The lowest BCUT2D eigenvalue weighted by molar-refractivity contribution is 0.164. The highest BCUT2D eigenvalue weighted by Gasteiger charge is 2.44. The zero-order valence-electron chi connectivity index (χ0n) is 16.1. The van der Waals surface area contributed by atoms with E-state index < -0.39 is 10.0 Å². The van der Waals surface area contributed by atoms with Crippen LogP contribution in [0.4, 0.5) is 0 Å². The van der Waals surface area contributed by atoms with E-state index in [0.29, 0.717) is 19.0 Å². The molecule has 8 nitrogen and oxygen atoms in total. The Labute approximate surface area is 155 Å². The molecule has 0 unspecified atom stereocenters. The van der Waals surface area contributed by atoms with E-state index in [4.69, 9.17) is 0 Å². The fourth-order valence-corrected chi connectivity index (χ4v) is 5.30. The minimum Gasteiger partial charge on any atom is -0.339 e. The smallest absolute Gasteiger partial charge is 0.262 e. The van der Waals surface area contributed by atoms with Crippen LogP contribution in [0.2, 0.25) is 0 Å². The molecule has 0 N–H and O–H groups in total. The van der Waals surface area contributed by atoms with Crippen LogP contribution in [0.5, 0.6) is 0 Å². The topological polar surface area (TPSA) is 76.3 Å². The maximum atomic E-state index is 13.2. The van der Waals surface area contributed by atoms with E-state index in [-0.39, 0.29) is 17.1 Å². The lowest BCUT2D eigenvalue weighted by Gasteiger charge is -2.34. The molecule has 3 rings (SSSR count). The van der Waals surface area contributed by atoms with Gasteiger partial charge in [-0.25, -0.2) is 13.4 Å². The molecule has 3 heterocycles. The van der Waals surface area contributed by atoms with Crippen LogP contribution in [0.1, 0.15) is 25.8 Å². The normalized spacial score (nSPS) is 22.0. The molecule has 0 aromatic carbocycles. The monoisotopic (exact) mass is 380 g/mol. The van der Waals surface area contributed by atoms with Crippen LogP contribution in [-0.4, -0.2) is 68.7 Å². The summed E-state index contributed by atoms with van der Waals surface area (Å²) in [7, 11) is 2.10. The Balaban J connectivity index is 1.94. The summed E-state index contributed by atoms with van der Waals surface area (Å²) in [6, 6.07) is 0.362. The van der Waals surface area contributed by atoms with E-state index in [1.54, 1.807) is 26.8 Å². The van der Waals surface area contributed by atoms with Crippen LogP contribution in [-0.2, 0) is 30.5 Å². The molecule has 0 bridgehead atoms. The van der Waals surface area contributed by atoms with Crippen LogP contribution in [0.15, 0.2) is 29.9 Å². The highest BCUT2D eigenvalue weighted by atomic mass is 32.2. The molecule has 144 valence electrons. The minimum absolute atomic E-state index is 0.115. The number of imidazole rings is 1. The van der Waals surface area contributed by atoms with Crippen molar-refractivity contribution in [3.63, 3.8) is 0 Å². The Hall–Kier alpha value is -1.71. The lowest BCUT2D eigenvalue weighted by atomic mass is 10.0. The molecule has 1 fully saturated rings. The molecule has 1 aliphatic rings. The molecule has 2 atom stereocenters. The molecule has 26 heavy (non-hydrogen) atoms. The third-order valence-corrected chi connectivity index (χ3v) is 7.06. The summed E-state index contributed by atoms with van der Waals surface area (Å²) in [5.41, 5.74) is 1.04. The maximum Gasteiger partial charge on any atom is 0.262 e. The van der Waals surface area contributed by atoms with Gasteiger partial charge in [-0.15, -0.1) is 0 Å². The van der Waals surface area contributed by atoms with Crippen LogP contribution < -0.4 is 0 Å². The molecule has 0 radical (unpaired) electrons. The fraction of sp³-hybridized carbons (Fsp3) is 0.647. The summed E-state index contributed by atoms with van der Waals surface area (Å²) >= 11 is 0. The first kappa shape index (κ1) is 19.1. The summed E-state index contributed by atoms with van der Waals surface area (Å²) < 4.78 is 31.5. The zero-order chi connectivity index (χ0) is 19.1. The Morgan fingerprint density at radius 3 is 2.58 bits per heavy atom. The van der Waals surface area contributed by atoms with Gasteiger partial charge in [-0.1, -0.05) is 0 Å². The predicted octanol–water partition coefficient (Wildman–Crippen LogP) is 0.868. The predicted molar refractivity (Wildman–Crippen MR) is 99.1 cm³/mol. The van der Waals surface area contributed by atoms with Crippen LogP contribution in [0.3, 0.4) is 0 Å². The summed E-state index contributed by atoms with van der Waals surface area (Å²) in [5.74, 6) is 0. The van der Waals surface area contributed by atoms with Gasteiger partial charge in [-0.3, -0.25) is 9.58 Å². The molecule has 1 aliphatic heterocycles. The molecule has 9 heteroatoms. The number of hydrogen-bond donors (Lipinski definition) is 0. The maximum absolute atomic E-state index is 13.2. The van der Waals surface area contributed by atoms with E-state index in [0.717, 1.165) is 12.0 Å². The van der Waals surface area contributed by atoms with Gasteiger partial charge < -0.3 is 4.57 Å². The zero-order valence-corrected chi connectivity index (χ0v) is 16.9. The molecule has 0 amide bonds. The summed E-state index contributed by atoms with van der Waals surface area (Å²) in [6.45, 7) is 4.78. The molecule has 0 spiro atoms. The second-order valence-corrected chi connectivity index (χ2v) is 9.24. The first-order valence-electron chi connectivity index (χ1n) is 8.89. The molecule has 2 aromatic heterocycles. The fourth-order valence-electron chi connectivity index (χ4n) is 3.66. The molecule has 0 saturated carbocycles. The van der Waals surface area contributed by atoms with Gasteiger partial charge in [0.05, 0.1) is 12.5 Å². The quantitative estimate of drug-likeness (QED) is 0.743. The van der Waals surface area contributed by atoms with Crippen molar-refractivity contribution in [2.24, 2.45) is 14.1 Å². The highest BCUT2D eigenvalue weighted by Crippen LogP contribution is 2.31. The van der Waals surface area contributed by atoms with E-state index in [9.17, 15) is 8.42 Å². The Kier molecular flexibility index (Phi) is 5.23. The number of sulfonamides is 1. The summed E-state index contributed by atoms with van der Waals surface area (Å²) in [6.07, 6.45) is 8.31. The second kappa shape index (κ2) is 7.13. The molecular weight excluding hydrogens is 352 g/mol. The SMILES string of the molecule is CC(C)N(C)[C@@H]1CCN(S(=O)(=O)c2cn(C)cn2)[C@H]1Cc1cnn(C)c1. The van der Waals surface area contributed by atoms with Crippen molar-refractivity contribution in [3.8, 4) is 0 Å². The Morgan fingerprint density at radius 1 is 1.31 bits per heavy atom. The van der Waals surface area contributed by atoms with Crippen molar-refractivity contribution in [1.82, 2.24) is 28.5 Å². The van der Waals surface area contributed by atoms with Gasteiger partial charge in [0.2, 0.25) is 0 Å². The van der Waals surface area contributed by atoms with E-state index in [1.807, 2.05) is 19.4 Å². The third-order valence-electron chi connectivity index (χ3n) is 5.25. The van der Waals surface area contributed by atoms with Crippen molar-refractivity contribution in [2.75, 3.05) is 13.6 Å². The van der Waals surface area contributed by atoms with Crippen LogP contribution in [0, 0.1) is 0 Å². The van der Waals surface area contributed by atoms with Crippen molar-refractivity contribution in [2.45, 2.75) is 49.8 Å². The third kappa shape index (κ3) is 3.56. The second-order valence-electron chi connectivity index (χ2n) is 7.40. The van der Waals surface area contributed by atoms with Gasteiger partial charge in [0.25, 0.3) is 10.0 Å². The van der Waals surface area contributed by atoms with Crippen molar-refractivity contribution < 1.29 is 8.42 Å². The van der Waals surface area contributed by atoms with Gasteiger partial charge >= 0.3 is 0 Å². The number of aryl methyl sites for hydroxylation is 2. The molecule has 0 aliphatic carbocycles. The van der Waals surface area contributed by atoms with Crippen LogP contribution in [0.25, 0.3) is 0 Å². The largest absolute Gasteiger partial charge is 0.339 e. The van der Waals surface area contributed by atoms with Gasteiger partial charge in [-0.05, 0) is 39.3 Å². The molecular formula is C17H28N6O2S. The van der Waals surface area contributed by atoms with E-state index in [2.05, 4.69) is 35.9 Å². The first-order valence-corrected chi connectivity index (χ1v) is 10.3. The van der Waals surface area contributed by atoms with Crippen LogP contribution >= 0.6 is 0 Å². The standard InChI is InChI=1S/C17H28N6O2S/c1-13(2)22(5)15-6-7-23(16(15)8-14-9-19-21(4)10-14)26(24,25)17-11-20(3)12-18-17/h9-13,15-16H,6-8H2,1-5H3/t15-,16+/m1/s1. The lowest BCUT2D eigenvalue weighted by Crippen LogP contribution is -2.48. The number of hydrogen-bond acceptors (Lipinski definition) is 5. The minimum atomic E-state index is -3.62. The van der Waals surface area contributed by atoms with Gasteiger partial charge in [0, 0.05) is 51.2 Å². The highest BCUT2D eigenvalue weighted by molar-refractivity contribution is 7.89. The van der Waals surface area contributed by atoms with Crippen molar-refractivity contribution in [1.29, 1.82) is 0 Å². The van der Waals surface area contributed by atoms with Crippen molar-refractivity contribution >= 4 is 10.0 Å². The van der Waals surface area contributed by atoms with Crippen molar-refractivity contribution in [3.05, 3.63) is 30.5 Å². The van der Waals surface area contributed by atoms with Gasteiger partial charge in [0.15, 0.2) is 5.03 Å². The molecule has 2 aromatic rings. The van der Waals surface area contributed by atoms with E-state index >= 15 is 0 Å². The van der Waals surface area contributed by atoms with E-state index in [1.165, 1.54) is 6.33 Å². The average Bonchev–Trinajstić information content (AvgIpc) is 3.27.